The topological polar surface area (TPSA) is 204 Å². The van der Waals surface area contributed by atoms with E-state index in [0.717, 1.165) is 0 Å². The van der Waals surface area contributed by atoms with Crippen LogP contribution in [0.4, 0.5) is 0 Å². The van der Waals surface area contributed by atoms with Crippen LogP contribution >= 0.6 is 15.2 Å². The highest BCUT2D eigenvalue weighted by molar-refractivity contribution is 7.52. The van der Waals surface area contributed by atoms with Crippen LogP contribution in [-0.4, -0.2) is 54.9 Å². The molecule has 0 spiro atoms. The van der Waals surface area contributed by atoms with Crippen molar-refractivity contribution in [2.45, 2.75) is 12.5 Å². The Morgan fingerprint density at radius 2 is 1.42 bits per heavy atom. The fourth-order valence-corrected chi connectivity index (χ4v) is 2.63. The van der Waals surface area contributed by atoms with E-state index in [-0.39, 0.29) is 4.90 Å². The number of nitrogens with zero attached hydrogens (tertiary/aromatic N) is 1. The summed E-state index contributed by atoms with van der Waals surface area (Å²) in [6, 6.07) is -1.41. The lowest BCUT2D eigenvalue weighted by Crippen LogP contribution is -2.42. The summed E-state index contributed by atoms with van der Waals surface area (Å²) in [5.74, 6) is -2.13. The summed E-state index contributed by atoms with van der Waals surface area (Å²) in [7, 11) is -9.45. The average molecular weight is 319 g/mol. The highest BCUT2D eigenvalue weighted by Crippen LogP contribution is 2.41. The number of carbonyl (C=O) groups is 2. The lowest BCUT2D eigenvalue weighted by Gasteiger charge is -2.24. The van der Waals surface area contributed by atoms with Gasteiger partial charge in [0.1, 0.15) is 12.6 Å². The first kappa shape index (κ1) is 18.2. The summed E-state index contributed by atoms with van der Waals surface area (Å²) >= 11 is 0. The Balaban J connectivity index is 4.93. The molecule has 0 aromatic heterocycles. The van der Waals surface area contributed by atoms with Crippen LogP contribution in [0.2, 0.25) is 0 Å². The summed E-state index contributed by atoms with van der Waals surface area (Å²) in [4.78, 5) is 57.3. The SMILES string of the molecule is NC(=O)C(N)CC(=O)N(CP(=O)(O)O)CP(=O)(O)O. The summed E-state index contributed by atoms with van der Waals surface area (Å²) < 4.78 is 21.6. The van der Waals surface area contributed by atoms with Crippen LogP contribution in [-0.2, 0) is 18.7 Å². The molecule has 8 N–H and O–H groups in total. The quantitative estimate of drug-likeness (QED) is 0.269. The van der Waals surface area contributed by atoms with Crippen molar-refractivity contribution in [3.05, 3.63) is 0 Å². The molecule has 0 radical (unpaired) electrons. The van der Waals surface area contributed by atoms with E-state index >= 15 is 0 Å². The van der Waals surface area contributed by atoms with Gasteiger partial charge in [-0.25, -0.2) is 0 Å². The second-order valence-corrected chi connectivity index (χ2v) is 6.98. The van der Waals surface area contributed by atoms with E-state index in [4.69, 9.17) is 31.0 Å². The third-order valence-corrected chi connectivity index (χ3v) is 3.24. The number of hydrogen-bond acceptors (Lipinski definition) is 5. The molecule has 0 aromatic rings. The first-order valence-electron chi connectivity index (χ1n) is 4.73. The molecule has 0 rings (SSSR count). The number of rotatable bonds is 7. The molecule has 0 fully saturated rings. The maximum atomic E-state index is 11.6. The molecule has 1 atom stereocenters. The molecule has 1 unspecified atom stereocenters. The van der Waals surface area contributed by atoms with Gasteiger partial charge in [0.05, 0.1) is 12.5 Å². The number of primary amides is 1. The molecular weight excluding hydrogens is 304 g/mol. The smallest absolute Gasteiger partial charge is 0.344 e. The largest absolute Gasteiger partial charge is 0.368 e. The molecule has 19 heavy (non-hydrogen) atoms. The molecule has 0 bridgehead atoms. The van der Waals surface area contributed by atoms with Gasteiger partial charge >= 0.3 is 15.2 Å². The molecule has 0 saturated heterocycles. The highest BCUT2D eigenvalue weighted by Gasteiger charge is 2.30. The van der Waals surface area contributed by atoms with Gasteiger partial charge in [-0.05, 0) is 0 Å². The van der Waals surface area contributed by atoms with Crippen LogP contribution < -0.4 is 11.5 Å². The monoisotopic (exact) mass is 319 g/mol. The average Bonchev–Trinajstić information content (AvgIpc) is 2.11. The minimum absolute atomic E-state index is 0.254. The standard InChI is InChI=1S/C6H15N3O8P2/c7-4(6(8)11)1-5(10)9(2-18(12,13)14)3-19(15,16)17/h4H,1-3,7H2,(H2,8,11)(H2,12,13,14)(H2,15,16,17). The van der Waals surface area contributed by atoms with Crippen molar-refractivity contribution in [2.75, 3.05) is 12.6 Å². The first-order chi connectivity index (χ1) is 8.32. The van der Waals surface area contributed by atoms with Crippen LogP contribution in [0, 0.1) is 0 Å². The van der Waals surface area contributed by atoms with Gasteiger partial charge in [0.25, 0.3) is 0 Å². The third-order valence-electron chi connectivity index (χ3n) is 1.82. The predicted octanol–water partition coefficient (Wildman–Crippen LogP) is -2.71. The molecule has 0 aromatic carbocycles. The van der Waals surface area contributed by atoms with Crippen molar-refractivity contribution in [3.8, 4) is 0 Å². The van der Waals surface area contributed by atoms with E-state index in [1.165, 1.54) is 0 Å². The molecule has 112 valence electrons. The minimum Gasteiger partial charge on any atom is -0.368 e. The van der Waals surface area contributed by atoms with Gasteiger partial charge in [-0.2, -0.15) is 0 Å². The van der Waals surface area contributed by atoms with E-state index in [0.29, 0.717) is 0 Å². The van der Waals surface area contributed by atoms with Crippen molar-refractivity contribution in [2.24, 2.45) is 11.5 Å². The Kier molecular flexibility index (Phi) is 6.30. The summed E-state index contributed by atoms with van der Waals surface area (Å²) in [6.07, 6.45) is -3.10. The minimum atomic E-state index is -4.72. The van der Waals surface area contributed by atoms with E-state index in [1.807, 2.05) is 0 Å². The zero-order chi connectivity index (χ0) is 15.4. The van der Waals surface area contributed by atoms with Gasteiger partial charge in [0.2, 0.25) is 11.8 Å². The Bertz CT molecular complexity index is 418. The number of hydrogen-bond donors (Lipinski definition) is 6. The van der Waals surface area contributed by atoms with Gasteiger partial charge in [-0.3, -0.25) is 18.7 Å². The van der Waals surface area contributed by atoms with Crippen molar-refractivity contribution in [1.29, 1.82) is 0 Å². The molecule has 0 aliphatic carbocycles. The van der Waals surface area contributed by atoms with Gasteiger partial charge in [-0.15, -0.1) is 0 Å². The molecule has 2 amide bonds. The number of amides is 2. The molecule has 13 heteroatoms. The van der Waals surface area contributed by atoms with E-state index < -0.39 is 52.0 Å². The molecule has 11 nitrogen and oxygen atoms in total. The number of carbonyl (C=O) groups excluding carboxylic acids is 2. The van der Waals surface area contributed by atoms with Gasteiger partial charge in [0, 0.05) is 0 Å². The van der Waals surface area contributed by atoms with E-state index in [9.17, 15) is 18.7 Å². The van der Waals surface area contributed by atoms with E-state index in [1.54, 1.807) is 0 Å². The number of nitrogens with two attached hydrogens (primary N) is 2. The van der Waals surface area contributed by atoms with E-state index in [2.05, 4.69) is 0 Å². The first-order valence-corrected chi connectivity index (χ1v) is 8.33. The highest BCUT2D eigenvalue weighted by atomic mass is 31.2. The summed E-state index contributed by atoms with van der Waals surface area (Å²) in [6.45, 7) is 0. The molecular formula is C6H15N3O8P2. The van der Waals surface area contributed by atoms with Crippen LogP contribution in [0.3, 0.4) is 0 Å². The molecule has 0 aliphatic heterocycles. The van der Waals surface area contributed by atoms with Gasteiger partial charge < -0.3 is 35.9 Å². The predicted molar refractivity (Wildman–Crippen MR) is 62.5 cm³/mol. The van der Waals surface area contributed by atoms with Gasteiger partial charge in [-0.1, -0.05) is 0 Å². The summed E-state index contributed by atoms with van der Waals surface area (Å²) in [5.41, 5.74) is 9.97. The molecule has 0 aliphatic rings. The fraction of sp³-hybridized carbons (Fsp3) is 0.667. The zero-order valence-corrected chi connectivity index (χ0v) is 11.4. The van der Waals surface area contributed by atoms with Crippen molar-refractivity contribution in [1.82, 2.24) is 4.90 Å². The Morgan fingerprint density at radius 3 is 1.68 bits per heavy atom. The van der Waals surface area contributed by atoms with Crippen LogP contribution in [0.15, 0.2) is 0 Å². The van der Waals surface area contributed by atoms with Crippen molar-refractivity contribution in [3.63, 3.8) is 0 Å². The van der Waals surface area contributed by atoms with Gasteiger partial charge in [0.15, 0.2) is 0 Å². The lowest BCUT2D eigenvalue weighted by atomic mass is 10.2. The Morgan fingerprint density at radius 1 is 1.05 bits per heavy atom. The van der Waals surface area contributed by atoms with Crippen molar-refractivity contribution >= 4 is 27.0 Å². The zero-order valence-electron chi connectivity index (χ0n) is 9.62. The molecule has 0 saturated carbocycles. The lowest BCUT2D eigenvalue weighted by molar-refractivity contribution is -0.132. The second kappa shape index (κ2) is 6.58. The van der Waals surface area contributed by atoms with Crippen LogP contribution in [0.5, 0.6) is 0 Å². The van der Waals surface area contributed by atoms with Crippen LogP contribution in [0.25, 0.3) is 0 Å². The van der Waals surface area contributed by atoms with Crippen molar-refractivity contribution < 1.29 is 38.3 Å². The maximum Gasteiger partial charge on any atom is 0.344 e. The Labute approximate surface area is 107 Å². The maximum absolute atomic E-state index is 11.6. The van der Waals surface area contributed by atoms with Crippen LogP contribution in [0.1, 0.15) is 6.42 Å². The second-order valence-electron chi connectivity index (χ2n) is 3.76. The third kappa shape index (κ3) is 8.84. The molecule has 0 heterocycles. The normalized spacial score (nSPS) is 13.9. The Hall–Kier alpha value is -0.800. The summed E-state index contributed by atoms with van der Waals surface area (Å²) in [5, 5.41) is 0. The fourth-order valence-electron chi connectivity index (χ4n) is 1.07.